The summed E-state index contributed by atoms with van der Waals surface area (Å²) >= 11 is 2.35. The predicted molar refractivity (Wildman–Crippen MR) is 76.7 cm³/mol. The molecule has 0 aromatic carbocycles. The van der Waals surface area contributed by atoms with Crippen LogP contribution >= 0.6 is 22.6 Å². The first-order valence-electron chi connectivity index (χ1n) is 6.64. The van der Waals surface area contributed by atoms with E-state index in [2.05, 4.69) is 22.6 Å². The van der Waals surface area contributed by atoms with Crippen LogP contribution in [0.15, 0.2) is 0 Å². The average Bonchev–Trinajstić information content (AvgIpc) is 2.55. The van der Waals surface area contributed by atoms with Gasteiger partial charge in [-0.15, -0.1) is 0 Å². The molecule has 4 nitrogen and oxygen atoms in total. The van der Waals surface area contributed by atoms with Crippen LogP contribution in [-0.4, -0.2) is 33.5 Å². The van der Waals surface area contributed by atoms with Crippen LogP contribution in [0.3, 0.4) is 0 Å². The molecule has 0 aromatic rings. The highest BCUT2D eigenvalue weighted by Gasteiger charge is 2.56. The van der Waals surface area contributed by atoms with E-state index in [1.165, 1.54) is 4.90 Å². The molecular weight excluding hydrogens is 345 g/mol. The number of nitrogens with zero attached hydrogens (tertiary/aromatic N) is 1. The van der Waals surface area contributed by atoms with Crippen molar-refractivity contribution < 1.29 is 14.3 Å². The van der Waals surface area contributed by atoms with Gasteiger partial charge in [0.2, 0.25) is 5.91 Å². The Morgan fingerprint density at radius 3 is 3.00 bits per heavy atom. The van der Waals surface area contributed by atoms with Gasteiger partial charge in [-0.25, -0.2) is 9.69 Å². The summed E-state index contributed by atoms with van der Waals surface area (Å²) in [5.74, 6) is -0.0341. The molecule has 102 valence electrons. The van der Waals surface area contributed by atoms with E-state index in [4.69, 9.17) is 4.74 Å². The number of fused-ring (bicyclic) bond motifs is 2. The minimum absolute atomic E-state index is 0.0333. The Balaban J connectivity index is 2.07. The second-order valence-electron chi connectivity index (χ2n) is 5.53. The van der Waals surface area contributed by atoms with Crippen molar-refractivity contribution in [2.75, 3.05) is 6.61 Å². The van der Waals surface area contributed by atoms with E-state index in [9.17, 15) is 9.59 Å². The van der Waals surface area contributed by atoms with Gasteiger partial charge in [0.15, 0.2) is 0 Å². The number of halogens is 1. The number of carbonyl (C=O) groups is 2. The number of ether oxygens (including phenoxy) is 1. The molecule has 2 bridgehead atoms. The van der Waals surface area contributed by atoms with Crippen LogP contribution in [0.1, 0.15) is 46.0 Å². The van der Waals surface area contributed by atoms with Gasteiger partial charge >= 0.3 is 6.09 Å². The highest BCUT2D eigenvalue weighted by molar-refractivity contribution is 14.1. The molecule has 2 rings (SSSR count). The van der Waals surface area contributed by atoms with Crippen molar-refractivity contribution in [3.63, 3.8) is 0 Å². The van der Waals surface area contributed by atoms with E-state index in [1.807, 2.05) is 13.8 Å². The van der Waals surface area contributed by atoms with Crippen LogP contribution in [0.4, 0.5) is 4.79 Å². The van der Waals surface area contributed by atoms with Crippen molar-refractivity contribution in [1.82, 2.24) is 4.90 Å². The average molecular weight is 365 g/mol. The van der Waals surface area contributed by atoms with Crippen molar-refractivity contribution >= 4 is 34.6 Å². The Labute approximate surface area is 122 Å². The van der Waals surface area contributed by atoms with Crippen LogP contribution in [0.5, 0.6) is 0 Å². The highest BCUT2D eigenvalue weighted by Crippen LogP contribution is 2.48. The smallest absolute Gasteiger partial charge is 0.416 e. The maximum Gasteiger partial charge on any atom is 0.416 e. The first-order valence-corrected chi connectivity index (χ1v) is 7.88. The molecule has 2 amide bonds. The molecule has 3 unspecified atom stereocenters. The Hall–Kier alpha value is -0.330. The molecule has 2 fully saturated rings. The molecule has 1 aliphatic carbocycles. The van der Waals surface area contributed by atoms with Crippen LogP contribution < -0.4 is 0 Å². The maximum atomic E-state index is 12.4. The normalized spacial score (nSPS) is 34.8. The lowest BCUT2D eigenvalue weighted by atomic mass is 9.77. The number of likely N-dealkylation sites (tertiary alicyclic amines) is 1. The lowest BCUT2D eigenvalue weighted by Gasteiger charge is -2.29. The summed E-state index contributed by atoms with van der Waals surface area (Å²) in [5, 5.41) is 0. The van der Waals surface area contributed by atoms with Crippen molar-refractivity contribution in [3.05, 3.63) is 0 Å². The van der Waals surface area contributed by atoms with Gasteiger partial charge in [0.25, 0.3) is 0 Å². The van der Waals surface area contributed by atoms with E-state index in [1.54, 1.807) is 0 Å². The van der Waals surface area contributed by atoms with E-state index >= 15 is 0 Å². The Morgan fingerprint density at radius 2 is 2.33 bits per heavy atom. The molecule has 0 N–H and O–H groups in total. The van der Waals surface area contributed by atoms with Crippen molar-refractivity contribution in [1.29, 1.82) is 0 Å². The van der Waals surface area contributed by atoms with Crippen molar-refractivity contribution in [3.8, 4) is 0 Å². The summed E-state index contributed by atoms with van der Waals surface area (Å²) in [5.41, 5.74) is -0.337. The number of rotatable bonds is 3. The van der Waals surface area contributed by atoms with E-state index in [0.717, 1.165) is 32.1 Å². The SMILES string of the molecule is CCCCOC(=O)N1C(=O)C2(C)CCC(I)C1C2. The van der Waals surface area contributed by atoms with Crippen LogP contribution in [0.25, 0.3) is 0 Å². The molecule has 0 aromatic heterocycles. The minimum atomic E-state index is -0.439. The van der Waals surface area contributed by atoms with Crippen molar-refractivity contribution in [2.24, 2.45) is 5.41 Å². The quantitative estimate of drug-likeness (QED) is 0.439. The third kappa shape index (κ3) is 2.38. The van der Waals surface area contributed by atoms with E-state index < -0.39 is 6.09 Å². The molecule has 1 saturated carbocycles. The zero-order valence-electron chi connectivity index (χ0n) is 10.9. The number of carbonyl (C=O) groups excluding carboxylic acids is 2. The molecule has 3 atom stereocenters. The zero-order valence-corrected chi connectivity index (χ0v) is 13.1. The van der Waals surface area contributed by atoms with Gasteiger partial charge in [0.05, 0.1) is 12.6 Å². The molecule has 5 heteroatoms. The molecule has 18 heavy (non-hydrogen) atoms. The monoisotopic (exact) mass is 365 g/mol. The van der Waals surface area contributed by atoms with Gasteiger partial charge in [-0.3, -0.25) is 4.79 Å². The lowest BCUT2D eigenvalue weighted by Crippen LogP contribution is -2.43. The zero-order chi connectivity index (χ0) is 13.3. The van der Waals surface area contributed by atoms with Crippen LogP contribution in [-0.2, 0) is 9.53 Å². The number of hydrogen-bond donors (Lipinski definition) is 0. The second-order valence-corrected chi connectivity index (χ2v) is 7.13. The van der Waals surface area contributed by atoms with Crippen molar-refractivity contribution in [2.45, 2.75) is 55.9 Å². The van der Waals surface area contributed by atoms with Gasteiger partial charge in [-0.2, -0.15) is 0 Å². The summed E-state index contributed by atoms with van der Waals surface area (Å²) in [6.07, 6.45) is 4.08. The summed E-state index contributed by atoms with van der Waals surface area (Å²) in [7, 11) is 0. The Morgan fingerprint density at radius 1 is 1.61 bits per heavy atom. The molecule has 0 spiro atoms. The van der Waals surface area contributed by atoms with Crippen LogP contribution in [0.2, 0.25) is 0 Å². The number of imide groups is 1. The third-order valence-corrected chi connectivity index (χ3v) is 5.49. The van der Waals surface area contributed by atoms with Crippen LogP contribution in [0, 0.1) is 5.41 Å². The fraction of sp³-hybridized carbons (Fsp3) is 0.846. The maximum absolute atomic E-state index is 12.4. The van der Waals surface area contributed by atoms with Gasteiger partial charge < -0.3 is 4.74 Å². The molecule has 1 heterocycles. The molecule has 0 radical (unpaired) electrons. The number of unbranched alkanes of at least 4 members (excludes halogenated alkanes) is 1. The molecule has 1 aliphatic heterocycles. The van der Waals surface area contributed by atoms with E-state index in [0.29, 0.717) is 10.5 Å². The second kappa shape index (κ2) is 5.35. The van der Waals surface area contributed by atoms with Gasteiger partial charge in [-0.05, 0) is 25.7 Å². The fourth-order valence-corrected chi connectivity index (χ4v) is 3.71. The summed E-state index contributed by atoms with van der Waals surface area (Å²) < 4.78 is 5.56. The first-order chi connectivity index (χ1) is 8.49. The van der Waals surface area contributed by atoms with Gasteiger partial charge in [0.1, 0.15) is 0 Å². The topological polar surface area (TPSA) is 46.6 Å². The molecule has 2 aliphatic rings. The Kier molecular flexibility index (Phi) is 4.18. The number of alkyl halides is 1. The lowest BCUT2D eigenvalue weighted by molar-refractivity contribution is -0.134. The number of amides is 2. The predicted octanol–water partition coefficient (Wildman–Crippen LogP) is 3.13. The summed E-state index contributed by atoms with van der Waals surface area (Å²) in [6.45, 7) is 4.43. The Bertz CT molecular complexity index is 360. The first kappa shape index (κ1) is 14.1. The minimum Gasteiger partial charge on any atom is -0.449 e. The summed E-state index contributed by atoms with van der Waals surface area (Å²) in [4.78, 5) is 25.8. The highest BCUT2D eigenvalue weighted by atomic mass is 127. The molecular formula is C13H20INO3. The van der Waals surface area contributed by atoms with E-state index in [-0.39, 0.29) is 17.4 Å². The third-order valence-electron chi connectivity index (χ3n) is 4.04. The number of hydrogen-bond acceptors (Lipinski definition) is 3. The standard InChI is InChI=1S/C13H20INO3/c1-3-4-7-18-12(17)15-10-8-13(2,11(15)16)6-5-9(10)14/h9-10H,3-8H2,1-2H3. The van der Waals surface area contributed by atoms with Gasteiger partial charge in [0, 0.05) is 9.34 Å². The summed E-state index contributed by atoms with van der Waals surface area (Å²) in [6, 6.07) is 0.0333. The molecule has 1 saturated heterocycles. The fourth-order valence-electron chi connectivity index (χ4n) is 2.82. The largest absolute Gasteiger partial charge is 0.449 e. The van der Waals surface area contributed by atoms with Gasteiger partial charge in [-0.1, -0.05) is 42.9 Å².